The molecule has 0 saturated heterocycles. The van der Waals surface area contributed by atoms with Gasteiger partial charge in [-0.25, -0.2) is 9.66 Å². The number of hydrogen-bond donors (Lipinski definition) is 2. The molecule has 2 aromatic rings. The van der Waals surface area contributed by atoms with Gasteiger partial charge in [0.25, 0.3) is 0 Å². The second-order valence-electron chi connectivity index (χ2n) is 5.42. The van der Waals surface area contributed by atoms with E-state index in [2.05, 4.69) is 4.98 Å². The number of ether oxygens (including phenoxy) is 1. The molecular weight excluding hydrogens is 252 g/mol. The zero-order valence-corrected chi connectivity index (χ0v) is 12.4. The summed E-state index contributed by atoms with van der Waals surface area (Å²) in [5.41, 5.74) is 7.69. The van der Waals surface area contributed by atoms with Crippen LogP contribution >= 0.6 is 0 Å². The minimum Gasteiger partial charge on any atom is -0.491 e. The molecule has 0 spiro atoms. The summed E-state index contributed by atoms with van der Waals surface area (Å²) in [7, 11) is 0. The van der Waals surface area contributed by atoms with Crippen molar-refractivity contribution in [2.75, 3.05) is 11.6 Å². The average Bonchev–Trinajstić information content (AvgIpc) is 2.67. The highest BCUT2D eigenvalue weighted by atomic mass is 16.5. The van der Waals surface area contributed by atoms with Gasteiger partial charge in [0.05, 0.1) is 6.10 Å². The zero-order valence-electron chi connectivity index (χ0n) is 12.4. The molecule has 0 saturated carbocycles. The third-order valence-corrected chi connectivity index (χ3v) is 2.99. The van der Waals surface area contributed by atoms with Crippen LogP contribution in [-0.4, -0.2) is 15.8 Å². The van der Waals surface area contributed by atoms with Crippen LogP contribution in [0, 0.1) is 0 Å². The summed E-state index contributed by atoms with van der Waals surface area (Å²) in [5, 5.41) is 0. The van der Waals surface area contributed by atoms with E-state index in [1.807, 2.05) is 52.0 Å². The summed E-state index contributed by atoms with van der Waals surface area (Å²) < 4.78 is 7.08. The maximum atomic E-state index is 6.04. The molecule has 0 atom stereocenters. The van der Waals surface area contributed by atoms with Gasteiger partial charge in [-0.3, -0.25) is 0 Å². The fourth-order valence-electron chi connectivity index (χ4n) is 2.05. The molecule has 1 aromatic heterocycles. The SMILES string of the molecule is CC(C)Oc1ccc(-c2nc(C(C)C)n(N)c2N)cc1. The minimum atomic E-state index is 0.154. The Morgan fingerprint density at radius 1 is 1.10 bits per heavy atom. The Balaban J connectivity index is 2.34. The van der Waals surface area contributed by atoms with Crippen molar-refractivity contribution in [3.05, 3.63) is 30.1 Å². The highest BCUT2D eigenvalue weighted by Crippen LogP contribution is 2.29. The predicted molar refractivity (Wildman–Crippen MR) is 82.1 cm³/mol. The number of anilines is 1. The zero-order chi connectivity index (χ0) is 14.9. The van der Waals surface area contributed by atoms with E-state index in [1.165, 1.54) is 4.68 Å². The molecule has 2 rings (SSSR count). The highest BCUT2D eigenvalue weighted by Gasteiger charge is 2.16. The van der Waals surface area contributed by atoms with Gasteiger partial charge in [0.1, 0.15) is 17.3 Å². The third kappa shape index (κ3) is 2.71. The van der Waals surface area contributed by atoms with Crippen molar-refractivity contribution in [3.63, 3.8) is 0 Å². The van der Waals surface area contributed by atoms with E-state index < -0.39 is 0 Å². The van der Waals surface area contributed by atoms with Crippen LogP contribution in [-0.2, 0) is 0 Å². The van der Waals surface area contributed by atoms with Gasteiger partial charge < -0.3 is 16.3 Å². The monoisotopic (exact) mass is 274 g/mol. The van der Waals surface area contributed by atoms with E-state index in [4.69, 9.17) is 16.3 Å². The lowest BCUT2D eigenvalue weighted by Gasteiger charge is -2.09. The Kier molecular flexibility index (Phi) is 3.88. The first kappa shape index (κ1) is 14.2. The van der Waals surface area contributed by atoms with E-state index in [0.29, 0.717) is 11.5 Å². The van der Waals surface area contributed by atoms with Crippen LogP contribution in [0.2, 0.25) is 0 Å². The normalized spacial score (nSPS) is 11.3. The van der Waals surface area contributed by atoms with E-state index in [-0.39, 0.29) is 12.0 Å². The van der Waals surface area contributed by atoms with E-state index in [9.17, 15) is 0 Å². The highest BCUT2D eigenvalue weighted by molar-refractivity contribution is 5.71. The van der Waals surface area contributed by atoms with Crippen molar-refractivity contribution in [1.82, 2.24) is 9.66 Å². The number of nitrogen functional groups attached to an aromatic ring is 2. The summed E-state index contributed by atoms with van der Waals surface area (Å²) >= 11 is 0. The molecule has 0 aliphatic carbocycles. The molecule has 0 unspecified atom stereocenters. The molecule has 108 valence electrons. The molecule has 5 nitrogen and oxygen atoms in total. The van der Waals surface area contributed by atoms with Crippen LogP contribution in [0.25, 0.3) is 11.3 Å². The summed E-state index contributed by atoms with van der Waals surface area (Å²) in [4.78, 5) is 4.54. The van der Waals surface area contributed by atoms with Gasteiger partial charge in [0, 0.05) is 11.5 Å². The fraction of sp³-hybridized carbons (Fsp3) is 0.400. The number of imidazole rings is 1. The maximum absolute atomic E-state index is 6.04. The molecule has 0 aliphatic heterocycles. The van der Waals surface area contributed by atoms with E-state index in [0.717, 1.165) is 17.1 Å². The quantitative estimate of drug-likeness (QED) is 0.840. The van der Waals surface area contributed by atoms with Crippen LogP contribution in [0.5, 0.6) is 5.75 Å². The van der Waals surface area contributed by atoms with Crippen molar-refractivity contribution in [2.45, 2.75) is 39.7 Å². The first-order chi connectivity index (χ1) is 9.40. The van der Waals surface area contributed by atoms with Crippen molar-refractivity contribution < 1.29 is 4.74 Å². The second kappa shape index (κ2) is 5.45. The van der Waals surface area contributed by atoms with Gasteiger partial charge >= 0.3 is 0 Å². The number of benzene rings is 1. The maximum Gasteiger partial charge on any atom is 0.150 e. The Morgan fingerprint density at radius 3 is 2.15 bits per heavy atom. The summed E-state index contributed by atoms with van der Waals surface area (Å²) in [6.45, 7) is 8.07. The number of nitrogens with two attached hydrogens (primary N) is 2. The van der Waals surface area contributed by atoms with Crippen molar-refractivity contribution in [2.24, 2.45) is 0 Å². The second-order valence-corrected chi connectivity index (χ2v) is 5.42. The number of nitrogens with zero attached hydrogens (tertiary/aromatic N) is 2. The number of hydrogen-bond acceptors (Lipinski definition) is 4. The molecule has 1 aromatic carbocycles. The lowest BCUT2D eigenvalue weighted by Crippen LogP contribution is -2.16. The molecule has 0 amide bonds. The predicted octanol–water partition coefficient (Wildman–Crippen LogP) is 2.76. The van der Waals surface area contributed by atoms with Crippen LogP contribution in [0.3, 0.4) is 0 Å². The van der Waals surface area contributed by atoms with Gasteiger partial charge in [-0.05, 0) is 38.1 Å². The van der Waals surface area contributed by atoms with Crippen LogP contribution < -0.4 is 16.3 Å². The Labute approximate surface area is 119 Å². The molecular formula is C15H22N4O. The molecule has 1 heterocycles. The lowest BCUT2D eigenvalue weighted by molar-refractivity contribution is 0.242. The molecule has 0 bridgehead atoms. The molecule has 0 aliphatic rings. The first-order valence-electron chi connectivity index (χ1n) is 6.80. The largest absolute Gasteiger partial charge is 0.491 e. The fourth-order valence-corrected chi connectivity index (χ4v) is 2.05. The minimum absolute atomic E-state index is 0.154. The molecule has 4 N–H and O–H groups in total. The summed E-state index contributed by atoms with van der Waals surface area (Å²) in [5.74, 6) is 8.25. The van der Waals surface area contributed by atoms with Gasteiger partial charge in [0.15, 0.2) is 5.82 Å². The topological polar surface area (TPSA) is 79.1 Å². The van der Waals surface area contributed by atoms with E-state index in [1.54, 1.807) is 0 Å². The summed E-state index contributed by atoms with van der Waals surface area (Å²) in [6.07, 6.45) is 0.154. The van der Waals surface area contributed by atoms with Gasteiger partial charge in [-0.2, -0.15) is 0 Å². The number of aromatic nitrogens is 2. The average molecular weight is 274 g/mol. The van der Waals surface area contributed by atoms with Crippen LogP contribution in [0.15, 0.2) is 24.3 Å². The van der Waals surface area contributed by atoms with Crippen molar-refractivity contribution in [1.29, 1.82) is 0 Å². The van der Waals surface area contributed by atoms with Gasteiger partial charge in [0.2, 0.25) is 0 Å². The Bertz CT molecular complexity index is 585. The van der Waals surface area contributed by atoms with E-state index >= 15 is 0 Å². The Morgan fingerprint density at radius 2 is 1.70 bits per heavy atom. The van der Waals surface area contributed by atoms with Crippen molar-refractivity contribution >= 4 is 5.82 Å². The molecule has 0 radical (unpaired) electrons. The van der Waals surface area contributed by atoms with Gasteiger partial charge in [-0.15, -0.1) is 0 Å². The van der Waals surface area contributed by atoms with Gasteiger partial charge in [-0.1, -0.05) is 13.8 Å². The third-order valence-electron chi connectivity index (χ3n) is 2.99. The Hall–Kier alpha value is -2.17. The summed E-state index contributed by atoms with van der Waals surface area (Å²) in [6, 6.07) is 7.72. The van der Waals surface area contributed by atoms with Crippen LogP contribution in [0.4, 0.5) is 5.82 Å². The molecule has 20 heavy (non-hydrogen) atoms. The lowest BCUT2D eigenvalue weighted by atomic mass is 10.1. The standard InChI is InChI=1S/C15H22N4O/c1-9(2)15-18-13(14(16)19(15)17)11-5-7-12(8-6-11)20-10(3)4/h5-10H,16-17H2,1-4H3. The van der Waals surface area contributed by atoms with Crippen LogP contribution in [0.1, 0.15) is 39.4 Å². The number of rotatable bonds is 4. The first-order valence-corrected chi connectivity index (χ1v) is 6.80. The molecule has 5 heteroatoms. The van der Waals surface area contributed by atoms with Crippen molar-refractivity contribution in [3.8, 4) is 17.0 Å². The molecule has 0 fully saturated rings. The smallest absolute Gasteiger partial charge is 0.150 e.